The van der Waals surface area contributed by atoms with Crippen molar-refractivity contribution in [2.24, 2.45) is 0 Å². The number of ether oxygens (including phenoxy) is 1. The van der Waals surface area contributed by atoms with Gasteiger partial charge in [0.25, 0.3) is 0 Å². The van der Waals surface area contributed by atoms with E-state index < -0.39 is 0 Å². The second kappa shape index (κ2) is 12.4. The van der Waals surface area contributed by atoms with Crippen LogP contribution in [0, 0.1) is 0 Å². The van der Waals surface area contributed by atoms with E-state index in [4.69, 9.17) is 4.74 Å². The predicted octanol–water partition coefficient (Wildman–Crippen LogP) is 2.67. The number of likely N-dealkylation sites (N-methyl/N-ethyl adjacent to an activating group) is 1. The van der Waals surface area contributed by atoms with E-state index in [1.54, 1.807) is 0 Å². The maximum Gasteiger partial charge on any atom is 0.119 e. The molecule has 158 valence electrons. The highest BCUT2D eigenvalue weighted by atomic mass is 16.5. The molecule has 0 atom stereocenters. The number of likely N-dealkylation sites (tertiary alicyclic amines) is 1. The van der Waals surface area contributed by atoms with Crippen molar-refractivity contribution < 1.29 is 4.74 Å². The maximum absolute atomic E-state index is 5.91. The fourth-order valence-corrected chi connectivity index (χ4v) is 4.10. The highest BCUT2D eigenvalue weighted by molar-refractivity contribution is 5.27. The highest BCUT2D eigenvalue weighted by Crippen LogP contribution is 2.13. The third-order valence-corrected chi connectivity index (χ3v) is 6.01. The molecule has 2 aliphatic heterocycles. The fraction of sp³-hybridized carbons (Fsp3) is 0.739. The molecule has 5 nitrogen and oxygen atoms in total. The molecule has 0 amide bonds. The zero-order valence-electron chi connectivity index (χ0n) is 17.9. The Morgan fingerprint density at radius 3 is 2.25 bits per heavy atom. The average Bonchev–Trinajstić information content (AvgIpc) is 2.74. The van der Waals surface area contributed by atoms with E-state index in [1.807, 2.05) is 0 Å². The zero-order valence-corrected chi connectivity index (χ0v) is 17.9. The van der Waals surface area contributed by atoms with Gasteiger partial charge in [-0.3, -0.25) is 0 Å². The first-order chi connectivity index (χ1) is 13.8. The van der Waals surface area contributed by atoms with Crippen LogP contribution in [-0.4, -0.2) is 87.3 Å². The summed E-state index contributed by atoms with van der Waals surface area (Å²) in [5, 5.41) is 3.57. The van der Waals surface area contributed by atoms with Crippen molar-refractivity contribution in [1.82, 2.24) is 20.0 Å². The molecule has 2 fully saturated rings. The van der Waals surface area contributed by atoms with E-state index in [2.05, 4.69) is 51.3 Å². The normalized spacial score (nSPS) is 19.8. The van der Waals surface area contributed by atoms with E-state index >= 15 is 0 Å². The van der Waals surface area contributed by atoms with Crippen LogP contribution in [0.15, 0.2) is 24.3 Å². The van der Waals surface area contributed by atoms with Gasteiger partial charge in [0.05, 0.1) is 6.61 Å². The Labute approximate surface area is 172 Å². The Morgan fingerprint density at radius 2 is 1.50 bits per heavy atom. The van der Waals surface area contributed by atoms with Crippen LogP contribution in [0.3, 0.4) is 0 Å². The molecule has 2 saturated heterocycles. The Morgan fingerprint density at radius 1 is 0.821 bits per heavy atom. The summed E-state index contributed by atoms with van der Waals surface area (Å²) in [4.78, 5) is 7.57. The standard InChI is InChI=1S/C23H40N4O/c1-25-16-18-27(19-17-25)14-5-11-24-21-22-7-9-23(10-8-22)28-20-6-15-26-12-3-2-4-13-26/h7-10,24H,2-6,11-21H2,1H3. The molecule has 0 radical (unpaired) electrons. The largest absolute Gasteiger partial charge is 0.494 e. The SMILES string of the molecule is CN1CCN(CCCNCc2ccc(OCCCN3CCCCC3)cc2)CC1. The Hall–Kier alpha value is -1.14. The molecule has 1 aromatic rings. The van der Waals surface area contributed by atoms with Gasteiger partial charge < -0.3 is 24.8 Å². The van der Waals surface area contributed by atoms with Crippen LogP contribution in [0.25, 0.3) is 0 Å². The first kappa shape index (κ1) is 21.6. The minimum atomic E-state index is 0.820. The topological polar surface area (TPSA) is 31.0 Å². The molecule has 0 bridgehead atoms. The molecule has 2 heterocycles. The first-order valence-corrected chi connectivity index (χ1v) is 11.4. The highest BCUT2D eigenvalue weighted by Gasteiger charge is 2.12. The van der Waals surface area contributed by atoms with Gasteiger partial charge in [-0.1, -0.05) is 18.6 Å². The van der Waals surface area contributed by atoms with E-state index in [9.17, 15) is 0 Å². The lowest BCUT2D eigenvalue weighted by Gasteiger charge is -2.32. The lowest BCUT2D eigenvalue weighted by atomic mass is 10.1. The van der Waals surface area contributed by atoms with Crippen molar-refractivity contribution in [2.45, 2.75) is 38.6 Å². The second-order valence-corrected chi connectivity index (χ2v) is 8.42. The number of piperidine rings is 1. The molecule has 0 saturated carbocycles. The predicted molar refractivity (Wildman–Crippen MR) is 117 cm³/mol. The van der Waals surface area contributed by atoms with Gasteiger partial charge in [-0.25, -0.2) is 0 Å². The Balaban J connectivity index is 1.21. The zero-order chi connectivity index (χ0) is 19.4. The number of hydrogen-bond donors (Lipinski definition) is 1. The molecular weight excluding hydrogens is 348 g/mol. The maximum atomic E-state index is 5.91. The van der Waals surface area contributed by atoms with Crippen molar-refractivity contribution in [3.8, 4) is 5.75 Å². The molecule has 3 rings (SSSR count). The summed E-state index contributed by atoms with van der Waals surface area (Å²) in [6, 6.07) is 8.60. The van der Waals surface area contributed by atoms with Gasteiger partial charge in [0, 0.05) is 39.3 Å². The van der Waals surface area contributed by atoms with Crippen LogP contribution < -0.4 is 10.1 Å². The summed E-state index contributed by atoms with van der Waals surface area (Å²) < 4.78 is 5.91. The molecule has 1 aromatic carbocycles. The third kappa shape index (κ3) is 8.08. The lowest BCUT2D eigenvalue weighted by Crippen LogP contribution is -2.45. The number of benzene rings is 1. The van der Waals surface area contributed by atoms with Gasteiger partial charge in [-0.05, 0) is 76.6 Å². The molecule has 0 aliphatic carbocycles. The van der Waals surface area contributed by atoms with Gasteiger partial charge in [0.2, 0.25) is 0 Å². The molecule has 2 aliphatic rings. The third-order valence-electron chi connectivity index (χ3n) is 6.01. The molecule has 1 N–H and O–H groups in total. The monoisotopic (exact) mass is 388 g/mol. The number of nitrogens with one attached hydrogen (secondary N) is 1. The molecule has 0 unspecified atom stereocenters. The Bertz CT molecular complexity index is 522. The summed E-state index contributed by atoms with van der Waals surface area (Å²) in [6.45, 7) is 12.6. The minimum absolute atomic E-state index is 0.820. The van der Waals surface area contributed by atoms with Crippen molar-refractivity contribution in [2.75, 3.05) is 72.6 Å². The van der Waals surface area contributed by atoms with Crippen molar-refractivity contribution >= 4 is 0 Å². The molecule has 28 heavy (non-hydrogen) atoms. The van der Waals surface area contributed by atoms with Crippen LogP contribution in [0.5, 0.6) is 5.75 Å². The lowest BCUT2D eigenvalue weighted by molar-refractivity contribution is 0.153. The second-order valence-electron chi connectivity index (χ2n) is 8.42. The van der Waals surface area contributed by atoms with Crippen LogP contribution in [0.1, 0.15) is 37.7 Å². The van der Waals surface area contributed by atoms with Crippen molar-refractivity contribution in [3.63, 3.8) is 0 Å². The van der Waals surface area contributed by atoms with E-state index in [0.29, 0.717) is 0 Å². The number of piperazine rings is 1. The Kier molecular flexibility index (Phi) is 9.57. The summed E-state index contributed by atoms with van der Waals surface area (Å²) in [5.41, 5.74) is 1.33. The number of nitrogens with zero attached hydrogens (tertiary/aromatic N) is 3. The van der Waals surface area contributed by atoms with E-state index in [0.717, 1.165) is 31.9 Å². The van der Waals surface area contributed by atoms with Gasteiger partial charge in [0.1, 0.15) is 5.75 Å². The van der Waals surface area contributed by atoms with Crippen LogP contribution in [-0.2, 0) is 6.54 Å². The smallest absolute Gasteiger partial charge is 0.119 e. The first-order valence-electron chi connectivity index (χ1n) is 11.4. The molecule has 5 heteroatoms. The molecule has 0 aromatic heterocycles. The van der Waals surface area contributed by atoms with Crippen LogP contribution >= 0.6 is 0 Å². The van der Waals surface area contributed by atoms with Crippen LogP contribution in [0.4, 0.5) is 0 Å². The van der Waals surface area contributed by atoms with E-state index in [1.165, 1.54) is 83.6 Å². The summed E-state index contributed by atoms with van der Waals surface area (Å²) in [5.74, 6) is 0.998. The van der Waals surface area contributed by atoms with E-state index in [-0.39, 0.29) is 0 Å². The summed E-state index contributed by atoms with van der Waals surface area (Å²) in [6.07, 6.45) is 6.49. The summed E-state index contributed by atoms with van der Waals surface area (Å²) in [7, 11) is 2.21. The average molecular weight is 389 g/mol. The van der Waals surface area contributed by atoms with Crippen molar-refractivity contribution in [1.29, 1.82) is 0 Å². The minimum Gasteiger partial charge on any atom is -0.494 e. The van der Waals surface area contributed by atoms with Crippen molar-refractivity contribution in [3.05, 3.63) is 29.8 Å². The molecule has 0 spiro atoms. The number of hydrogen-bond acceptors (Lipinski definition) is 5. The molecular formula is C23H40N4O. The van der Waals surface area contributed by atoms with Crippen LogP contribution in [0.2, 0.25) is 0 Å². The van der Waals surface area contributed by atoms with Gasteiger partial charge in [0.15, 0.2) is 0 Å². The number of rotatable bonds is 11. The van der Waals surface area contributed by atoms with Gasteiger partial charge in [-0.2, -0.15) is 0 Å². The quantitative estimate of drug-likeness (QED) is 0.589. The van der Waals surface area contributed by atoms with Gasteiger partial charge >= 0.3 is 0 Å². The summed E-state index contributed by atoms with van der Waals surface area (Å²) >= 11 is 0. The van der Waals surface area contributed by atoms with Gasteiger partial charge in [-0.15, -0.1) is 0 Å². The fourth-order valence-electron chi connectivity index (χ4n) is 4.10.